The molecule has 6 nitrogen and oxygen atoms in total. The minimum absolute atomic E-state index is 0.0323. The Labute approximate surface area is 170 Å². The lowest BCUT2D eigenvalue weighted by Crippen LogP contribution is -2.38. The van der Waals surface area contributed by atoms with Crippen LogP contribution in [-0.2, 0) is 15.0 Å². The number of urea groups is 1. The SMILES string of the molecule is Cc1cccc(NC(=O)CN2C(=O)NC(=Cc3ccc(C(C)(C)C)cc3)C2=O)c1. The summed E-state index contributed by atoms with van der Waals surface area (Å²) in [6, 6.07) is 14.5. The second-order valence-electron chi connectivity index (χ2n) is 8.17. The molecule has 0 unspecified atom stereocenters. The zero-order valence-electron chi connectivity index (χ0n) is 17.1. The van der Waals surface area contributed by atoms with E-state index in [1.807, 2.05) is 49.4 Å². The van der Waals surface area contributed by atoms with Gasteiger partial charge in [-0.2, -0.15) is 0 Å². The Hall–Kier alpha value is -3.41. The smallest absolute Gasteiger partial charge is 0.325 e. The van der Waals surface area contributed by atoms with Gasteiger partial charge in [-0.1, -0.05) is 57.2 Å². The molecule has 0 saturated carbocycles. The van der Waals surface area contributed by atoms with E-state index in [9.17, 15) is 14.4 Å². The molecule has 1 fully saturated rings. The largest absolute Gasteiger partial charge is 0.329 e. The van der Waals surface area contributed by atoms with Crippen LogP contribution in [0.5, 0.6) is 0 Å². The lowest BCUT2D eigenvalue weighted by molar-refractivity contribution is -0.127. The van der Waals surface area contributed by atoms with Gasteiger partial charge in [-0.3, -0.25) is 9.59 Å². The standard InChI is InChI=1S/C23H25N3O3/c1-15-6-5-7-18(12-15)24-20(27)14-26-21(28)19(25-22(26)29)13-16-8-10-17(11-9-16)23(2,3)4/h5-13H,14H2,1-4H3,(H,24,27)(H,25,29). The average molecular weight is 391 g/mol. The molecule has 3 rings (SSSR count). The van der Waals surface area contributed by atoms with E-state index in [2.05, 4.69) is 31.4 Å². The van der Waals surface area contributed by atoms with E-state index >= 15 is 0 Å². The first-order chi connectivity index (χ1) is 13.6. The molecule has 0 spiro atoms. The summed E-state index contributed by atoms with van der Waals surface area (Å²) in [4.78, 5) is 37.9. The first kappa shape index (κ1) is 20.3. The second kappa shape index (κ2) is 7.91. The number of hydrogen-bond acceptors (Lipinski definition) is 3. The number of nitrogens with one attached hydrogen (secondary N) is 2. The molecule has 0 aromatic heterocycles. The third kappa shape index (κ3) is 4.90. The molecule has 1 aliphatic rings. The van der Waals surface area contributed by atoms with Crippen molar-refractivity contribution in [1.82, 2.24) is 10.2 Å². The molecule has 150 valence electrons. The molecular formula is C23H25N3O3. The van der Waals surface area contributed by atoms with Gasteiger partial charge in [0.2, 0.25) is 5.91 Å². The van der Waals surface area contributed by atoms with E-state index in [-0.39, 0.29) is 17.7 Å². The van der Waals surface area contributed by atoms with Gasteiger partial charge in [0.25, 0.3) is 5.91 Å². The molecule has 2 N–H and O–H groups in total. The maximum Gasteiger partial charge on any atom is 0.329 e. The highest BCUT2D eigenvalue weighted by Crippen LogP contribution is 2.23. The Morgan fingerprint density at radius 1 is 1.10 bits per heavy atom. The highest BCUT2D eigenvalue weighted by Gasteiger charge is 2.34. The maximum atomic E-state index is 12.6. The molecule has 0 aliphatic carbocycles. The van der Waals surface area contributed by atoms with Gasteiger partial charge in [0.1, 0.15) is 12.2 Å². The molecule has 1 aliphatic heterocycles. The van der Waals surface area contributed by atoms with Gasteiger partial charge < -0.3 is 10.6 Å². The lowest BCUT2D eigenvalue weighted by Gasteiger charge is -2.18. The molecule has 0 bridgehead atoms. The van der Waals surface area contributed by atoms with Crippen molar-refractivity contribution in [3.8, 4) is 0 Å². The van der Waals surface area contributed by atoms with E-state index in [4.69, 9.17) is 0 Å². The summed E-state index contributed by atoms with van der Waals surface area (Å²) < 4.78 is 0. The summed E-state index contributed by atoms with van der Waals surface area (Å²) in [5.41, 5.74) is 3.78. The fraction of sp³-hybridized carbons (Fsp3) is 0.261. The van der Waals surface area contributed by atoms with Crippen molar-refractivity contribution in [2.75, 3.05) is 11.9 Å². The van der Waals surface area contributed by atoms with Crippen LogP contribution < -0.4 is 10.6 Å². The van der Waals surface area contributed by atoms with Crippen LogP contribution in [0.2, 0.25) is 0 Å². The van der Waals surface area contributed by atoms with Gasteiger partial charge in [0, 0.05) is 5.69 Å². The molecule has 1 saturated heterocycles. The van der Waals surface area contributed by atoms with Gasteiger partial charge in [-0.05, 0) is 47.2 Å². The molecule has 2 aromatic rings. The molecule has 2 aromatic carbocycles. The first-order valence-electron chi connectivity index (χ1n) is 9.45. The van der Waals surface area contributed by atoms with Gasteiger partial charge in [0.15, 0.2) is 0 Å². The van der Waals surface area contributed by atoms with Crippen molar-refractivity contribution in [3.63, 3.8) is 0 Å². The molecule has 6 heteroatoms. The van der Waals surface area contributed by atoms with Gasteiger partial charge in [-0.15, -0.1) is 0 Å². The summed E-state index contributed by atoms with van der Waals surface area (Å²) in [6.07, 6.45) is 1.62. The number of amides is 4. The number of anilines is 1. The van der Waals surface area contributed by atoms with E-state index in [1.54, 1.807) is 12.1 Å². The van der Waals surface area contributed by atoms with Crippen molar-refractivity contribution in [2.24, 2.45) is 0 Å². The number of carbonyl (C=O) groups excluding carboxylic acids is 3. The zero-order valence-corrected chi connectivity index (χ0v) is 17.1. The van der Waals surface area contributed by atoms with Crippen molar-refractivity contribution in [3.05, 3.63) is 70.9 Å². The van der Waals surface area contributed by atoms with E-state index in [0.29, 0.717) is 5.69 Å². The normalized spacial score (nSPS) is 15.6. The van der Waals surface area contributed by atoms with Gasteiger partial charge in [0.05, 0.1) is 0 Å². The maximum absolute atomic E-state index is 12.6. The Balaban J connectivity index is 1.69. The van der Waals surface area contributed by atoms with Crippen molar-refractivity contribution < 1.29 is 14.4 Å². The topological polar surface area (TPSA) is 78.5 Å². The average Bonchev–Trinajstić information content (AvgIpc) is 2.89. The molecular weight excluding hydrogens is 366 g/mol. The van der Waals surface area contributed by atoms with Crippen molar-refractivity contribution >= 4 is 29.6 Å². The minimum Gasteiger partial charge on any atom is -0.325 e. The fourth-order valence-corrected chi connectivity index (χ4v) is 3.03. The summed E-state index contributed by atoms with van der Waals surface area (Å²) >= 11 is 0. The third-order valence-corrected chi connectivity index (χ3v) is 4.65. The molecule has 1 heterocycles. The number of imide groups is 1. The van der Waals surface area contributed by atoms with Crippen LogP contribution in [0.25, 0.3) is 6.08 Å². The quantitative estimate of drug-likeness (QED) is 0.614. The Morgan fingerprint density at radius 2 is 1.79 bits per heavy atom. The van der Waals surface area contributed by atoms with Crippen LogP contribution in [-0.4, -0.2) is 29.3 Å². The highest BCUT2D eigenvalue weighted by molar-refractivity contribution is 6.15. The number of rotatable bonds is 4. The van der Waals surface area contributed by atoms with Crippen molar-refractivity contribution in [2.45, 2.75) is 33.1 Å². The number of aryl methyl sites for hydroxylation is 1. The number of nitrogens with zero attached hydrogens (tertiary/aromatic N) is 1. The summed E-state index contributed by atoms with van der Waals surface area (Å²) in [7, 11) is 0. The summed E-state index contributed by atoms with van der Waals surface area (Å²) in [5.74, 6) is -0.954. The monoisotopic (exact) mass is 391 g/mol. The van der Waals surface area contributed by atoms with Gasteiger partial charge in [-0.25, -0.2) is 9.69 Å². The minimum atomic E-state index is -0.605. The first-order valence-corrected chi connectivity index (χ1v) is 9.45. The Morgan fingerprint density at radius 3 is 2.41 bits per heavy atom. The van der Waals surface area contributed by atoms with E-state index < -0.39 is 17.8 Å². The third-order valence-electron chi connectivity index (χ3n) is 4.65. The van der Waals surface area contributed by atoms with Crippen LogP contribution in [0.4, 0.5) is 10.5 Å². The lowest BCUT2D eigenvalue weighted by atomic mass is 9.87. The predicted molar refractivity (Wildman–Crippen MR) is 113 cm³/mol. The molecule has 0 radical (unpaired) electrons. The molecule has 0 atom stereocenters. The van der Waals surface area contributed by atoms with Crippen LogP contribution >= 0.6 is 0 Å². The van der Waals surface area contributed by atoms with E-state index in [0.717, 1.165) is 16.0 Å². The van der Waals surface area contributed by atoms with Crippen molar-refractivity contribution in [1.29, 1.82) is 0 Å². The predicted octanol–water partition coefficient (Wildman–Crippen LogP) is 3.82. The highest BCUT2D eigenvalue weighted by atomic mass is 16.2. The van der Waals surface area contributed by atoms with Crippen LogP contribution in [0.15, 0.2) is 54.2 Å². The summed E-state index contributed by atoms with van der Waals surface area (Å²) in [6.45, 7) is 7.94. The number of hydrogen-bond donors (Lipinski definition) is 2. The Bertz CT molecular complexity index is 985. The zero-order chi connectivity index (χ0) is 21.2. The van der Waals surface area contributed by atoms with Crippen LogP contribution in [0.1, 0.15) is 37.5 Å². The number of carbonyl (C=O) groups is 3. The van der Waals surface area contributed by atoms with Crippen LogP contribution in [0, 0.1) is 6.92 Å². The number of benzene rings is 2. The van der Waals surface area contributed by atoms with Crippen LogP contribution in [0.3, 0.4) is 0 Å². The Kier molecular flexibility index (Phi) is 5.55. The molecule has 29 heavy (non-hydrogen) atoms. The van der Waals surface area contributed by atoms with E-state index in [1.165, 1.54) is 5.56 Å². The molecule has 4 amide bonds. The van der Waals surface area contributed by atoms with Gasteiger partial charge >= 0.3 is 6.03 Å². The fourth-order valence-electron chi connectivity index (χ4n) is 3.03. The summed E-state index contributed by atoms with van der Waals surface area (Å²) in [5, 5.41) is 5.25. The second-order valence-corrected chi connectivity index (χ2v) is 8.17.